The summed E-state index contributed by atoms with van der Waals surface area (Å²) in [5, 5.41) is 13.9. The zero-order valence-corrected chi connectivity index (χ0v) is 13.4. The van der Waals surface area contributed by atoms with Gasteiger partial charge in [0.25, 0.3) is 5.69 Å². The quantitative estimate of drug-likeness (QED) is 0.631. The Kier molecular flexibility index (Phi) is 5.07. The fourth-order valence-electron chi connectivity index (χ4n) is 2.24. The van der Waals surface area contributed by atoms with Crippen LogP contribution in [0.25, 0.3) is 0 Å². The highest BCUT2D eigenvalue weighted by atomic mass is 35.5. The Morgan fingerprint density at radius 3 is 3.04 bits per heavy atom. The van der Waals surface area contributed by atoms with Gasteiger partial charge in [-0.05, 0) is 11.6 Å². The molecule has 0 spiro atoms. The summed E-state index contributed by atoms with van der Waals surface area (Å²) in [6.07, 6.45) is 3.71. The first-order valence-corrected chi connectivity index (χ1v) is 7.73. The number of rotatable bonds is 6. The first-order chi connectivity index (χ1) is 11.6. The zero-order chi connectivity index (χ0) is 16.9. The Morgan fingerprint density at radius 1 is 1.46 bits per heavy atom. The van der Waals surface area contributed by atoms with Crippen LogP contribution in [0.2, 0.25) is 5.02 Å². The van der Waals surface area contributed by atoms with Crippen molar-refractivity contribution in [1.82, 2.24) is 9.97 Å². The third-order valence-electron chi connectivity index (χ3n) is 3.47. The van der Waals surface area contributed by atoms with Crippen molar-refractivity contribution in [2.24, 2.45) is 0 Å². The van der Waals surface area contributed by atoms with Crippen molar-refractivity contribution in [3.63, 3.8) is 0 Å². The highest BCUT2D eigenvalue weighted by Gasteiger charge is 2.17. The summed E-state index contributed by atoms with van der Waals surface area (Å²) in [5.41, 5.74) is 0.777. The second-order valence-corrected chi connectivity index (χ2v) is 5.65. The number of nitrogens with one attached hydrogen (secondary N) is 1. The molecular formula is C15H15ClN4O4. The Bertz CT molecular complexity index is 737. The minimum atomic E-state index is -0.540. The van der Waals surface area contributed by atoms with E-state index in [2.05, 4.69) is 15.3 Å². The average molecular weight is 351 g/mol. The van der Waals surface area contributed by atoms with Crippen LogP contribution in [0, 0.1) is 10.1 Å². The topological polar surface area (TPSA) is 99.4 Å². The summed E-state index contributed by atoms with van der Waals surface area (Å²) < 4.78 is 11.0. The van der Waals surface area contributed by atoms with Crippen molar-refractivity contribution >= 4 is 23.1 Å². The highest BCUT2D eigenvalue weighted by molar-refractivity contribution is 6.33. The summed E-state index contributed by atoms with van der Waals surface area (Å²) in [4.78, 5) is 18.3. The van der Waals surface area contributed by atoms with E-state index in [-0.39, 0.29) is 16.8 Å². The number of nitrogens with zero attached hydrogens (tertiary/aromatic N) is 3. The monoisotopic (exact) mass is 350 g/mol. The molecule has 1 N–H and O–H groups in total. The molecule has 1 atom stereocenters. The van der Waals surface area contributed by atoms with E-state index < -0.39 is 4.92 Å². The van der Waals surface area contributed by atoms with Gasteiger partial charge in [0.05, 0.1) is 23.2 Å². The van der Waals surface area contributed by atoms with E-state index in [0.29, 0.717) is 31.5 Å². The third kappa shape index (κ3) is 4.09. The van der Waals surface area contributed by atoms with E-state index in [9.17, 15) is 10.1 Å². The molecule has 1 saturated heterocycles. The molecule has 1 aliphatic heterocycles. The molecule has 1 unspecified atom stereocenters. The molecule has 0 aliphatic carbocycles. The van der Waals surface area contributed by atoms with Crippen LogP contribution in [0.5, 0.6) is 5.88 Å². The molecule has 1 fully saturated rings. The van der Waals surface area contributed by atoms with Crippen LogP contribution < -0.4 is 10.1 Å². The highest BCUT2D eigenvalue weighted by Crippen LogP contribution is 2.24. The largest absolute Gasteiger partial charge is 0.472 e. The number of hydrogen-bond acceptors (Lipinski definition) is 7. The standard InChI is InChI=1S/C15H15ClN4O4/c16-13-6-11(20(21)22)8-19-15(13)18-7-10-1-3-17-14(5-10)24-12-2-4-23-9-12/h1,3,5-6,8,12H,2,4,7,9H2,(H,18,19). The van der Waals surface area contributed by atoms with E-state index in [1.807, 2.05) is 12.1 Å². The van der Waals surface area contributed by atoms with Crippen molar-refractivity contribution < 1.29 is 14.4 Å². The molecular weight excluding hydrogens is 336 g/mol. The molecule has 0 radical (unpaired) electrons. The fourth-order valence-corrected chi connectivity index (χ4v) is 2.47. The maximum atomic E-state index is 10.7. The summed E-state index contributed by atoms with van der Waals surface area (Å²) in [6.45, 7) is 1.72. The molecule has 3 heterocycles. The Hall–Kier alpha value is -2.45. The van der Waals surface area contributed by atoms with Crippen LogP contribution in [-0.4, -0.2) is 34.2 Å². The summed E-state index contributed by atoms with van der Waals surface area (Å²) in [7, 11) is 0. The van der Waals surface area contributed by atoms with Crippen molar-refractivity contribution in [3.8, 4) is 5.88 Å². The molecule has 3 rings (SSSR count). The molecule has 2 aromatic rings. The molecule has 1 aliphatic rings. The number of nitro groups is 1. The maximum absolute atomic E-state index is 10.7. The smallest absolute Gasteiger partial charge is 0.289 e. The predicted molar refractivity (Wildman–Crippen MR) is 87.3 cm³/mol. The second kappa shape index (κ2) is 7.41. The van der Waals surface area contributed by atoms with Gasteiger partial charge < -0.3 is 14.8 Å². The van der Waals surface area contributed by atoms with Crippen LogP contribution in [0.15, 0.2) is 30.6 Å². The Balaban J connectivity index is 1.63. The molecule has 2 aromatic heterocycles. The van der Waals surface area contributed by atoms with E-state index in [1.165, 1.54) is 6.07 Å². The van der Waals surface area contributed by atoms with Gasteiger partial charge in [-0.1, -0.05) is 11.6 Å². The second-order valence-electron chi connectivity index (χ2n) is 5.24. The predicted octanol–water partition coefficient (Wildman–Crippen LogP) is 2.82. The third-order valence-corrected chi connectivity index (χ3v) is 3.76. The Morgan fingerprint density at radius 2 is 2.33 bits per heavy atom. The van der Waals surface area contributed by atoms with Crippen LogP contribution in [0.4, 0.5) is 11.5 Å². The minimum absolute atomic E-state index is 0.0338. The SMILES string of the molecule is O=[N+]([O-])c1cnc(NCc2ccnc(OC3CCOC3)c2)c(Cl)c1. The number of pyridine rings is 2. The van der Waals surface area contributed by atoms with Crippen molar-refractivity contribution in [2.45, 2.75) is 19.1 Å². The summed E-state index contributed by atoms with van der Waals surface area (Å²) in [5.74, 6) is 0.915. The lowest BCUT2D eigenvalue weighted by atomic mass is 10.2. The van der Waals surface area contributed by atoms with Gasteiger partial charge in [0.15, 0.2) is 0 Å². The number of anilines is 1. The molecule has 0 saturated carbocycles. The number of halogens is 1. The molecule has 0 aromatic carbocycles. The summed E-state index contributed by atoms with van der Waals surface area (Å²) in [6, 6.07) is 4.92. The van der Waals surface area contributed by atoms with Gasteiger partial charge in [-0.3, -0.25) is 10.1 Å². The van der Waals surface area contributed by atoms with Gasteiger partial charge in [0.1, 0.15) is 18.1 Å². The summed E-state index contributed by atoms with van der Waals surface area (Å²) >= 11 is 6.00. The van der Waals surface area contributed by atoms with E-state index in [4.69, 9.17) is 21.1 Å². The van der Waals surface area contributed by atoms with Crippen LogP contribution in [-0.2, 0) is 11.3 Å². The molecule has 24 heavy (non-hydrogen) atoms. The number of aromatic nitrogens is 2. The maximum Gasteiger partial charge on any atom is 0.289 e. The van der Waals surface area contributed by atoms with Gasteiger partial charge in [-0.2, -0.15) is 0 Å². The van der Waals surface area contributed by atoms with Gasteiger partial charge in [0.2, 0.25) is 5.88 Å². The fraction of sp³-hybridized carbons (Fsp3) is 0.333. The van der Waals surface area contributed by atoms with Gasteiger partial charge in [-0.15, -0.1) is 0 Å². The zero-order valence-electron chi connectivity index (χ0n) is 12.6. The lowest BCUT2D eigenvalue weighted by Gasteiger charge is -2.12. The van der Waals surface area contributed by atoms with Crippen molar-refractivity contribution in [1.29, 1.82) is 0 Å². The molecule has 9 heteroatoms. The van der Waals surface area contributed by atoms with Crippen molar-refractivity contribution in [2.75, 3.05) is 18.5 Å². The normalized spacial score (nSPS) is 16.8. The lowest BCUT2D eigenvalue weighted by Crippen LogP contribution is -2.16. The van der Waals surface area contributed by atoms with E-state index in [1.54, 1.807) is 6.20 Å². The van der Waals surface area contributed by atoms with Crippen LogP contribution in [0.3, 0.4) is 0 Å². The van der Waals surface area contributed by atoms with Gasteiger partial charge in [-0.25, -0.2) is 9.97 Å². The molecule has 126 valence electrons. The lowest BCUT2D eigenvalue weighted by molar-refractivity contribution is -0.385. The first-order valence-electron chi connectivity index (χ1n) is 7.35. The van der Waals surface area contributed by atoms with Gasteiger partial charge >= 0.3 is 0 Å². The van der Waals surface area contributed by atoms with E-state index >= 15 is 0 Å². The minimum Gasteiger partial charge on any atom is -0.472 e. The molecule has 8 nitrogen and oxygen atoms in total. The van der Waals surface area contributed by atoms with Crippen LogP contribution >= 0.6 is 11.6 Å². The Labute approximate surface area is 142 Å². The van der Waals surface area contributed by atoms with E-state index in [0.717, 1.165) is 18.2 Å². The first kappa shape index (κ1) is 16.4. The van der Waals surface area contributed by atoms with Crippen molar-refractivity contribution in [3.05, 3.63) is 51.3 Å². The number of ether oxygens (including phenoxy) is 2. The molecule has 0 amide bonds. The number of hydrogen-bond donors (Lipinski definition) is 1. The van der Waals surface area contributed by atoms with Crippen LogP contribution in [0.1, 0.15) is 12.0 Å². The van der Waals surface area contributed by atoms with Gasteiger partial charge in [0, 0.05) is 31.3 Å². The molecule has 0 bridgehead atoms. The average Bonchev–Trinajstić information content (AvgIpc) is 3.07.